The summed E-state index contributed by atoms with van der Waals surface area (Å²) < 4.78 is 37.2. The van der Waals surface area contributed by atoms with Gasteiger partial charge < -0.3 is 19.1 Å². The Morgan fingerprint density at radius 3 is 2.80 bits per heavy atom. The van der Waals surface area contributed by atoms with Crippen LogP contribution in [0.1, 0.15) is 31.6 Å². The van der Waals surface area contributed by atoms with Gasteiger partial charge in [-0.1, -0.05) is 30.4 Å². The zero-order valence-corrected chi connectivity index (χ0v) is 22.7. The molecule has 2 aromatic rings. The first kappa shape index (κ1) is 29.3. The van der Waals surface area contributed by atoms with E-state index in [2.05, 4.69) is 20.1 Å². The Kier molecular flexibility index (Phi) is 9.61. The number of aromatic amines is 1. The Morgan fingerprint density at radius 1 is 1.35 bits per heavy atom. The van der Waals surface area contributed by atoms with Crippen LogP contribution in [0.2, 0.25) is 0 Å². The average Bonchev–Trinajstić information content (AvgIpc) is 3.58. The maximum Gasteiger partial charge on any atom is 0.459 e. The van der Waals surface area contributed by atoms with Crippen LogP contribution < -0.4 is 20.9 Å². The van der Waals surface area contributed by atoms with Gasteiger partial charge in [0.05, 0.1) is 31.9 Å². The molecule has 4 rings (SSSR count). The van der Waals surface area contributed by atoms with Gasteiger partial charge in [-0.15, -0.1) is 0 Å². The first-order chi connectivity index (χ1) is 19.2. The number of H-pyrrole nitrogens is 1. The van der Waals surface area contributed by atoms with Gasteiger partial charge >= 0.3 is 19.4 Å². The number of hydrogen-bond acceptors (Lipinski definition) is 11. The molecule has 0 amide bonds. The number of carbonyl (C=O) groups is 1. The molecule has 3 heterocycles. The van der Waals surface area contributed by atoms with E-state index in [1.807, 2.05) is 0 Å². The predicted molar refractivity (Wildman–Crippen MR) is 146 cm³/mol. The third-order valence-corrected chi connectivity index (χ3v) is 7.64. The number of para-hydroxylation sites is 1. The summed E-state index contributed by atoms with van der Waals surface area (Å²) in [6.07, 6.45) is 2.85. The number of benzene rings is 1. The number of nitrogens with zero attached hydrogens (tertiary/aromatic N) is 3. The van der Waals surface area contributed by atoms with Crippen LogP contribution in [0, 0.1) is 0 Å². The van der Waals surface area contributed by atoms with Gasteiger partial charge in [0.2, 0.25) is 0 Å². The highest BCUT2D eigenvalue weighted by Crippen LogP contribution is 2.46. The molecule has 1 saturated heterocycles. The summed E-state index contributed by atoms with van der Waals surface area (Å²) in [4.78, 5) is 47.3. The van der Waals surface area contributed by atoms with Crippen LogP contribution in [0.5, 0.6) is 5.75 Å². The Labute approximate surface area is 229 Å². The monoisotopic (exact) mass is 575 g/mol. The number of methoxy groups -OCH3 is 1. The van der Waals surface area contributed by atoms with Gasteiger partial charge in [-0.3, -0.25) is 28.7 Å². The lowest BCUT2D eigenvalue weighted by Crippen LogP contribution is -2.40. The standard InChI is InChI=1S/C25H30N5O9P/c1-3-7-16-13-30(25(34)28-23(16)32)22-11-20(31)21(38-22)14-37-40(35,39-18-8-5-4-6-9-18)29-19(24(33)36-2)10-17-12-26-15-27-17/h3-9,13,15,19-22,31H,10-12,14H2,1-2H3,(H,29,35)(H,28,32,34)/b7-3+/t19-,20?,21?,22?,40?/m0/s1. The third kappa shape index (κ3) is 7.29. The summed E-state index contributed by atoms with van der Waals surface area (Å²) >= 11 is 0. The first-order valence-corrected chi connectivity index (χ1v) is 14.0. The summed E-state index contributed by atoms with van der Waals surface area (Å²) in [6.45, 7) is 1.58. The van der Waals surface area contributed by atoms with Crippen molar-refractivity contribution in [1.29, 1.82) is 0 Å². The minimum atomic E-state index is -4.29. The summed E-state index contributed by atoms with van der Waals surface area (Å²) in [6, 6.07) is 7.04. The van der Waals surface area contributed by atoms with Crippen molar-refractivity contribution in [3.63, 3.8) is 0 Å². The number of nitrogens with one attached hydrogen (secondary N) is 2. The van der Waals surface area contributed by atoms with E-state index >= 15 is 0 Å². The molecule has 0 bridgehead atoms. The summed E-state index contributed by atoms with van der Waals surface area (Å²) in [7, 11) is -3.10. The van der Waals surface area contributed by atoms with E-state index in [-0.39, 0.29) is 30.7 Å². The van der Waals surface area contributed by atoms with E-state index in [0.29, 0.717) is 5.71 Å². The highest BCUT2D eigenvalue weighted by Gasteiger charge is 2.40. The Morgan fingerprint density at radius 2 is 2.12 bits per heavy atom. The van der Waals surface area contributed by atoms with Crippen LogP contribution in [-0.4, -0.2) is 71.2 Å². The lowest BCUT2D eigenvalue weighted by molar-refractivity contribution is -0.142. The van der Waals surface area contributed by atoms with E-state index in [1.165, 1.54) is 25.7 Å². The Hall–Kier alpha value is -3.68. The molecule has 3 N–H and O–H groups in total. The van der Waals surface area contributed by atoms with E-state index in [1.54, 1.807) is 43.3 Å². The SMILES string of the molecule is C/C=C/c1cn(C2CC(O)C(COP(=O)(N[C@@H](CC3=NC=NC3)C(=O)OC)Oc3ccccc3)O2)c(=O)[nH]c1=O. The maximum absolute atomic E-state index is 13.9. The van der Waals surface area contributed by atoms with Crippen LogP contribution in [0.25, 0.3) is 6.08 Å². The molecule has 5 atom stereocenters. The second-order valence-electron chi connectivity index (χ2n) is 8.94. The predicted octanol–water partition coefficient (Wildman–Crippen LogP) is 1.43. The fourth-order valence-electron chi connectivity index (χ4n) is 4.11. The molecular weight excluding hydrogens is 545 g/mol. The van der Waals surface area contributed by atoms with E-state index in [0.717, 1.165) is 4.57 Å². The largest absolute Gasteiger partial charge is 0.468 e. The zero-order valence-electron chi connectivity index (χ0n) is 21.8. The number of aliphatic hydroxyl groups excluding tert-OH is 1. The number of aromatic nitrogens is 2. The molecule has 1 fully saturated rings. The van der Waals surface area contributed by atoms with Gasteiger partial charge in [-0.05, 0) is 19.1 Å². The summed E-state index contributed by atoms with van der Waals surface area (Å²) in [5.41, 5.74) is -0.471. The van der Waals surface area contributed by atoms with Crippen molar-refractivity contribution < 1.29 is 33.0 Å². The number of ether oxygens (including phenoxy) is 2. The fourth-order valence-corrected chi connectivity index (χ4v) is 5.61. The molecule has 2 aliphatic rings. The van der Waals surface area contributed by atoms with E-state index in [9.17, 15) is 24.1 Å². The molecule has 40 heavy (non-hydrogen) atoms. The van der Waals surface area contributed by atoms with Gasteiger partial charge in [0.25, 0.3) is 5.56 Å². The molecule has 214 valence electrons. The Bertz CT molecular complexity index is 1450. The van der Waals surface area contributed by atoms with Crippen molar-refractivity contribution in [3.8, 4) is 5.75 Å². The summed E-state index contributed by atoms with van der Waals surface area (Å²) in [5, 5.41) is 13.3. The van der Waals surface area contributed by atoms with Crippen molar-refractivity contribution >= 4 is 31.8 Å². The second-order valence-corrected chi connectivity index (χ2v) is 10.6. The molecule has 0 aliphatic carbocycles. The number of carbonyl (C=O) groups excluding carboxylic acids is 1. The van der Waals surface area contributed by atoms with Crippen LogP contribution in [-0.2, 0) is 23.4 Å². The molecule has 1 aromatic heterocycles. The van der Waals surface area contributed by atoms with Crippen molar-refractivity contribution in [2.45, 2.75) is 44.2 Å². The van der Waals surface area contributed by atoms with Crippen molar-refractivity contribution in [2.75, 3.05) is 20.3 Å². The molecule has 2 aliphatic heterocycles. The molecule has 4 unspecified atom stereocenters. The number of rotatable bonds is 12. The lowest BCUT2D eigenvalue weighted by Gasteiger charge is -2.25. The average molecular weight is 576 g/mol. The zero-order chi connectivity index (χ0) is 28.7. The normalized spacial score (nSPS) is 22.7. The van der Waals surface area contributed by atoms with Crippen LogP contribution in [0.3, 0.4) is 0 Å². The molecule has 0 spiro atoms. The maximum atomic E-state index is 13.9. The number of aliphatic hydroxyl groups is 1. The van der Waals surface area contributed by atoms with Gasteiger partial charge in [-0.25, -0.2) is 14.4 Å². The molecule has 14 nitrogen and oxygen atoms in total. The smallest absolute Gasteiger partial charge is 0.459 e. The third-order valence-electron chi connectivity index (χ3n) is 6.07. The highest BCUT2D eigenvalue weighted by molar-refractivity contribution is 7.52. The molecule has 1 aromatic carbocycles. The topological polar surface area (TPSA) is 183 Å². The molecule has 0 radical (unpaired) electrons. The van der Waals surface area contributed by atoms with Crippen molar-refractivity contribution in [3.05, 3.63) is 69.0 Å². The van der Waals surface area contributed by atoms with Crippen LogP contribution in [0.4, 0.5) is 0 Å². The molecule has 0 saturated carbocycles. The Balaban J connectivity index is 1.52. The number of esters is 1. The minimum Gasteiger partial charge on any atom is -0.468 e. The van der Waals surface area contributed by atoms with Gasteiger partial charge in [0.1, 0.15) is 30.5 Å². The molecule has 15 heteroatoms. The molecular formula is C25H30N5O9P. The minimum absolute atomic E-state index is 0.00284. The van der Waals surface area contributed by atoms with Crippen molar-refractivity contribution in [2.24, 2.45) is 9.98 Å². The van der Waals surface area contributed by atoms with Crippen molar-refractivity contribution in [1.82, 2.24) is 14.6 Å². The van der Waals surface area contributed by atoms with Gasteiger partial charge in [0.15, 0.2) is 0 Å². The first-order valence-electron chi connectivity index (χ1n) is 12.4. The lowest BCUT2D eigenvalue weighted by atomic mass is 10.1. The highest BCUT2D eigenvalue weighted by atomic mass is 31.2. The van der Waals surface area contributed by atoms with Gasteiger partial charge in [0, 0.05) is 24.8 Å². The van der Waals surface area contributed by atoms with Gasteiger partial charge in [-0.2, -0.15) is 5.09 Å². The fraction of sp³-hybridized carbons (Fsp3) is 0.400. The summed E-state index contributed by atoms with van der Waals surface area (Å²) in [5.74, 6) is -0.521. The van der Waals surface area contributed by atoms with E-state index in [4.69, 9.17) is 18.5 Å². The van der Waals surface area contributed by atoms with Crippen LogP contribution in [0.15, 0.2) is 62.2 Å². The second kappa shape index (κ2) is 13.1. The van der Waals surface area contributed by atoms with Crippen LogP contribution >= 0.6 is 7.75 Å². The quantitative estimate of drug-likeness (QED) is 0.247. The number of allylic oxidation sites excluding steroid dienone is 1. The number of aliphatic imine (C=N–C) groups is 2. The van der Waals surface area contributed by atoms with E-state index < -0.39 is 56.0 Å². The number of hydrogen-bond donors (Lipinski definition) is 3.